The van der Waals surface area contributed by atoms with E-state index in [1.807, 2.05) is 30.3 Å². The summed E-state index contributed by atoms with van der Waals surface area (Å²) in [5.74, 6) is 0.489. The molecule has 1 aromatic heterocycles. The summed E-state index contributed by atoms with van der Waals surface area (Å²) < 4.78 is 0. The number of thiocarbonyl (C=S) groups is 1. The molecule has 1 unspecified atom stereocenters. The molecule has 0 aliphatic rings. The fourth-order valence-corrected chi connectivity index (χ4v) is 2.22. The number of fused-ring (bicyclic) bond motifs is 1. The molecule has 1 aromatic carbocycles. The van der Waals surface area contributed by atoms with Gasteiger partial charge < -0.3 is 16.0 Å². The number of amides is 1. The number of carbonyl (C=O) groups excluding carboxylic acids is 1. The molecule has 0 spiro atoms. The molecule has 21 heavy (non-hydrogen) atoms. The van der Waals surface area contributed by atoms with E-state index in [1.165, 1.54) is 4.90 Å². The lowest BCUT2D eigenvalue weighted by atomic mass is 10.1. The molecule has 3 N–H and O–H groups in total. The zero-order chi connectivity index (χ0) is 15.6. The zero-order valence-corrected chi connectivity index (χ0v) is 13.1. The van der Waals surface area contributed by atoms with Crippen molar-refractivity contribution >= 4 is 39.8 Å². The molecule has 6 heteroatoms. The van der Waals surface area contributed by atoms with Crippen LogP contribution in [0.3, 0.4) is 0 Å². The molecule has 110 valence electrons. The standard InChI is InChI=1S/C15H18N4OS/c1-9(15(20)19(2)3)17-14-11(13(16)21)8-10-6-4-5-7-12(10)18-14/h4-9H,1-3H3,(H2,16,21)(H,17,18). The van der Waals surface area contributed by atoms with Crippen LogP contribution in [0.1, 0.15) is 12.5 Å². The number of nitrogens with zero attached hydrogens (tertiary/aromatic N) is 2. The molecule has 2 rings (SSSR count). The number of rotatable bonds is 4. The number of benzene rings is 1. The Morgan fingerprint density at radius 2 is 2.05 bits per heavy atom. The Balaban J connectivity index is 2.44. The van der Waals surface area contributed by atoms with Crippen LogP contribution >= 0.6 is 12.2 Å². The van der Waals surface area contributed by atoms with Gasteiger partial charge in [0.25, 0.3) is 0 Å². The topological polar surface area (TPSA) is 71.2 Å². The molecular weight excluding hydrogens is 284 g/mol. The van der Waals surface area contributed by atoms with Gasteiger partial charge in [0.15, 0.2) is 0 Å². The van der Waals surface area contributed by atoms with Crippen LogP contribution in [0.4, 0.5) is 5.82 Å². The number of nitrogens with one attached hydrogen (secondary N) is 1. The average molecular weight is 302 g/mol. The van der Waals surface area contributed by atoms with Crippen molar-refractivity contribution in [3.8, 4) is 0 Å². The van der Waals surface area contributed by atoms with E-state index < -0.39 is 6.04 Å². The van der Waals surface area contributed by atoms with E-state index in [9.17, 15) is 4.79 Å². The second kappa shape index (κ2) is 6.05. The number of para-hydroxylation sites is 1. The number of anilines is 1. The number of hydrogen-bond donors (Lipinski definition) is 2. The summed E-state index contributed by atoms with van der Waals surface area (Å²) in [4.78, 5) is 18.3. The van der Waals surface area contributed by atoms with Crippen LogP contribution in [0.25, 0.3) is 10.9 Å². The van der Waals surface area contributed by atoms with E-state index in [0.717, 1.165) is 10.9 Å². The molecule has 1 heterocycles. The van der Waals surface area contributed by atoms with E-state index in [1.54, 1.807) is 21.0 Å². The Kier molecular flexibility index (Phi) is 4.37. The number of likely N-dealkylation sites (N-methyl/N-ethyl adjacent to an activating group) is 1. The first kappa shape index (κ1) is 15.2. The van der Waals surface area contributed by atoms with Crippen LogP contribution in [0.2, 0.25) is 0 Å². The zero-order valence-electron chi connectivity index (χ0n) is 12.3. The van der Waals surface area contributed by atoms with Crippen LogP contribution in [-0.4, -0.2) is 40.9 Å². The first-order valence-corrected chi connectivity index (χ1v) is 6.98. The van der Waals surface area contributed by atoms with Gasteiger partial charge in [-0.1, -0.05) is 30.4 Å². The first-order chi connectivity index (χ1) is 9.90. The number of nitrogens with two attached hydrogens (primary N) is 1. The van der Waals surface area contributed by atoms with E-state index >= 15 is 0 Å². The molecule has 5 nitrogen and oxygen atoms in total. The predicted molar refractivity (Wildman–Crippen MR) is 89.4 cm³/mol. The lowest BCUT2D eigenvalue weighted by molar-refractivity contribution is -0.129. The predicted octanol–water partition coefficient (Wildman–Crippen LogP) is 1.76. The summed E-state index contributed by atoms with van der Waals surface area (Å²) in [6.45, 7) is 1.78. The van der Waals surface area contributed by atoms with Gasteiger partial charge in [-0.05, 0) is 19.1 Å². The lowest BCUT2D eigenvalue weighted by Gasteiger charge is -2.20. The second-order valence-electron chi connectivity index (χ2n) is 5.04. The van der Waals surface area contributed by atoms with E-state index in [0.29, 0.717) is 11.4 Å². The number of hydrogen-bond acceptors (Lipinski definition) is 4. The highest BCUT2D eigenvalue weighted by atomic mass is 32.1. The van der Waals surface area contributed by atoms with Crippen LogP contribution in [0.15, 0.2) is 30.3 Å². The minimum absolute atomic E-state index is 0.0427. The minimum Gasteiger partial charge on any atom is -0.389 e. The third-order valence-corrected chi connectivity index (χ3v) is 3.37. The summed E-state index contributed by atoms with van der Waals surface area (Å²) in [6.07, 6.45) is 0. The molecule has 0 bridgehead atoms. The van der Waals surface area contributed by atoms with Crippen molar-refractivity contribution in [1.29, 1.82) is 0 Å². The highest BCUT2D eigenvalue weighted by molar-refractivity contribution is 7.80. The molecule has 0 radical (unpaired) electrons. The number of pyridine rings is 1. The Hall–Kier alpha value is -2.21. The molecule has 0 aliphatic heterocycles. The molecule has 1 atom stereocenters. The highest BCUT2D eigenvalue weighted by Crippen LogP contribution is 2.21. The largest absolute Gasteiger partial charge is 0.389 e. The monoisotopic (exact) mass is 302 g/mol. The molecule has 1 amide bonds. The van der Waals surface area contributed by atoms with Gasteiger partial charge >= 0.3 is 0 Å². The van der Waals surface area contributed by atoms with Crippen molar-refractivity contribution in [3.63, 3.8) is 0 Å². The lowest BCUT2D eigenvalue weighted by Crippen LogP contribution is -2.37. The minimum atomic E-state index is -0.415. The summed E-state index contributed by atoms with van der Waals surface area (Å²) in [5.41, 5.74) is 7.24. The summed E-state index contributed by atoms with van der Waals surface area (Å²) in [5, 5.41) is 4.05. The van der Waals surface area contributed by atoms with Crippen molar-refractivity contribution in [1.82, 2.24) is 9.88 Å². The van der Waals surface area contributed by atoms with Crippen molar-refractivity contribution in [2.24, 2.45) is 5.73 Å². The second-order valence-corrected chi connectivity index (χ2v) is 5.48. The molecule has 0 aliphatic carbocycles. The summed E-state index contributed by atoms with van der Waals surface area (Å²) in [7, 11) is 3.42. The third-order valence-electron chi connectivity index (χ3n) is 3.15. The molecule has 0 fully saturated rings. The van der Waals surface area contributed by atoms with Gasteiger partial charge in [0.2, 0.25) is 5.91 Å². The van der Waals surface area contributed by atoms with Crippen LogP contribution in [-0.2, 0) is 4.79 Å². The van der Waals surface area contributed by atoms with Gasteiger partial charge in [0.05, 0.1) is 11.1 Å². The Bertz CT molecular complexity index is 699. The van der Waals surface area contributed by atoms with E-state index in [-0.39, 0.29) is 10.9 Å². The smallest absolute Gasteiger partial charge is 0.244 e. The van der Waals surface area contributed by atoms with Gasteiger partial charge in [-0.15, -0.1) is 0 Å². The fraction of sp³-hybridized carbons (Fsp3) is 0.267. The Morgan fingerprint density at radius 3 is 2.67 bits per heavy atom. The van der Waals surface area contributed by atoms with Crippen LogP contribution < -0.4 is 11.1 Å². The maximum Gasteiger partial charge on any atom is 0.244 e. The molecule has 0 saturated heterocycles. The van der Waals surface area contributed by atoms with Crippen LogP contribution in [0, 0.1) is 0 Å². The highest BCUT2D eigenvalue weighted by Gasteiger charge is 2.18. The number of carbonyl (C=O) groups is 1. The Labute approximate surface area is 129 Å². The molecule has 0 saturated carbocycles. The normalized spacial score (nSPS) is 12.0. The van der Waals surface area contributed by atoms with Crippen molar-refractivity contribution in [2.45, 2.75) is 13.0 Å². The van der Waals surface area contributed by atoms with Gasteiger partial charge in [-0.3, -0.25) is 4.79 Å². The summed E-state index contributed by atoms with van der Waals surface area (Å²) >= 11 is 5.09. The van der Waals surface area contributed by atoms with Crippen LogP contribution in [0.5, 0.6) is 0 Å². The van der Waals surface area contributed by atoms with Crippen molar-refractivity contribution in [3.05, 3.63) is 35.9 Å². The quantitative estimate of drug-likeness (QED) is 0.842. The first-order valence-electron chi connectivity index (χ1n) is 6.57. The van der Waals surface area contributed by atoms with E-state index in [2.05, 4.69) is 10.3 Å². The average Bonchev–Trinajstić information content (AvgIpc) is 2.45. The van der Waals surface area contributed by atoms with Gasteiger partial charge in [0.1, 0.15) is 16.8 Å². The van der Waals surface area contributed by atoms with E-state index in [4.69, 9.17) is 18.0 Å². The maximum absolute atomic E-state index is 12.0. The molecular formula is C15H18N4OS. The number of aromatic nitrogens is 1. The van der Waals surface area contributed by atoms with Crippen molar-refractivity contribution in [2.75, 3.05) is 19.4 Å². The SMILES string of the molecule is CC(Nc1nc2ccccc2cc1C(N)=S)C(=O)N(C)C. The summed E-state index contributed by atoms with van der Waals surface area (Å²) in [6, 6.07) is 9.17. The van der Waals surface area contributed by atoms with Gasteiger partial charge in [0, 0.05) is 19.5 Å². The fourth-order valence-electron chi connectivity index (χ4n) is 2.07. The van der Waals surface area contributed by atoms with Crippen molar-refractivity contribution < 1.29 is 4.79 Å². The van der Waals surface area contributed by atoms with Gasteiger partial charge in [-0.2, -0.15) is 0 Å². The molecule has 2 aromatic rings. The Morgan fingerprint density at radius 1 is 1.38 bits per heavy atom. The third kappa shape index (κ3) is 3.28. The maximum atomic E-state index is 12.0. The van der Waals surface area contributed by atoms with Gasteiger partial charge in [-0.25, -0.2) is 4.98 Å².